The van der Waals surface area contributed by atoms with Gasteiger partial charge in [0.25, 0.3) is 0 Å². The van der Waals surface area contributed by atoms with Gasteiger partial charge in [-0.2, -0.15) is 5.10 Å². The zero-order valence-corrected chi connectivity index (χ0v) is 13.6. The second kappa shape index (κ2) is 6.79. The maximum atomic E-state index is 9.92. The summed E-state index contributed by atoms with van der Waals surface area (Å²) in [7, 11) is 4.04. The van der Waals surface area contributed by atoms with Crippen molar-refractivity contribution < 1.29 is 5.11 Å². The number of hydrogen-bond donors (Lipinski definition) is 1. The van der Waals surface area contributed by atoms with Crippen LogP contribution in [-0.2, 0) is 20.0 Å². The molecule has 0 saturated carbocycles. The molecule has 1 aromatic carbocycles. The summed E-state index contributed by atoms with van der Waals surface area (Å²) >= 11 is 0. The zero-order valence-electron chi connectivity index (χ0n) is 13.6. The van der Waals surface area contributed by atoms with Crippen LogP contribution in [0.1, 0.15) is 17.7 Å². The fourth-order valence-electron chi connectivity index (χ4n) is 2.77. The summed E-state index contributed by atoms with van der Waals surface area (Å²) in [5, 5.41) is 15.1. The molecule has 2 aromatic heterocycles. The Morgan fingerprint density at radius 3 is 2.87 bits per heavy atom. The van der Waals surface area contributed by atoms with Crippen LogP contribution >= 0.6 is 0 Å². The molecular formula is C18H22N4O. The van der Waals surface area contributed by atoms with Crippen LogP contribution in [0.25, 0.3) is 10.9 Å². The number of aromatic hydroxyl groups is 1. The largest absolute Gasteiger partial charge is 0.506 e. The Morgan fingerprint density at radius 1 is 1.22 bits per heavy atom. The molecule has 0 radical (unpaired) electrons. The molecule has 120 valence electrons. The van der Waals surface area contributed by atoms with Gasteiger partial charge in [-0.25, -0.2) is 4.98 Å². The number of nitrogens with zero attached hydrogens (tertiary/aromatic N) is 4. The van der Waals surface area contributed by atoms with E-state index >= 15 is 0 Å². The number of aromatic nitrogens is 3. The van der Waals surface area contributed by atoms with E-state index in [1.165, 1.54) is 5.56 Å². The minimum absolute atomic E-state index is 0.239. The van der Waals surface area contributed by atoms with Crippen LogP contribution in [0.15, 0.2) is 42.7 Å². The Morgan fingerprint density at radius 2 is 2.09 bits per heavy atom. The molecule has 0 aliphatic heterocycles. The normalized spacial score (nSPS) is 11.4. The molecule has 0 atom stereocenters. The highest BCUT2D eigenvalue weighted by Crippen LogP contribution is 2.22. The molecule has 2 heterocycles. The van der Waals surface area contributed by atoms with Crippen molar-refractivity contribution in [3.05, 3.63) is 54.0 Å². The molecule has 1 N–H and O–H groups in total. The zero-order chi connectivity index (χ0) is 16.2. The molecule has 0 unspecified atom stereocenters. The highest BCUT2D eigenvalue weighted by Gasteiger charge is 2.06. The van der Waals surface area contributed by atoms with Gasteiger partial charge in [0.15, 0.2) is 0 Å². The highest BCUT2D eigenvalue weighted by atomic mass is 16.3. The molecule has 23 heavy (non-hydrogen) atoms. The minimum Gasteiger partial charge on any atom is -0.506 e. The summed E-state index contributed by atoms with van der Waals surface area (Å²) in [6, 6.07) is 9.52. The summed E-state index contributed by atoms with van der Waals surface area (Å²) in [6.07, 6.45) is 6.10. The average molecular weight is 310 g/mol. The lowest BCUT2D eigenvalue weighted by Gasteiger charge is -2.16. The predicted molar refractivity (Wildman–Crippen MR) is 91.3 cm³/mol. The third-order valence-electron chi connectivity index (χ3n) is 3.95. The van der Waals surface area contributed by atoms with Crippen molar-refractivity contribution in [2.75, 3.05) is 13.6 Å². The first-order valence-electron chi connectivity index (χ1n) is 7.85. The summed E-state index contributed by atoms with van der Waals surface area (Å²) in [4.78, 5) is 6.83. The second-order valence-corrected chi connectivity index (χ2v) is 6.02. The molecule has 0 aliphatic carbocycles. The van der Waals surface area contributed by atoms with Crippen molar-refractivity contribution in [1.82, 2.24) is 19.7 Å². The molecule has 0 fully saturated rings. The van der Waals surface area contributed by atoms with E-state index in [4.69, 9.17) is 0 Å². The van der Waals surface area contributed by atoms with E-state index in [1.54, 1.807) is 6.07 Å². The lowest BCUT2D eigenvalue weighted by molar-refractivity contribution is 0.318. The van der Waals surface area contributed by atoms with Crippen molar-refractivity contribution in [2.45, 2.75) is 19.4 Å². The summed E-state index contributed by atoms with van der Waals surface area (Å²) < 4.78 is 1.84. The molecule has 3 rings (SSSR count). The topological polar surface area (TPSA) is 54.2 Å². The third kappa shape index (κ3) is 3.87. The van der Waals surface area contributed by atoms with Crippen molar-refractivity contribution in [1.29, 1.82) is 0 Å². The Labute approximate surface area is 136 Å². The van der Waals surface area contributed by atoms with Gasteiger partial charge in [-0.1, -0.05) is 18.2 Å². The fraction of sp³-hybridized carbons (Fsp3) is 0.333. The minimum atomic E-state index is 0.239. The molecule has 5 nitrogen and oxygen atoms in total. The van der Waals surface area contributed by atoms with E-state index < -0.39 is 0 Å². The number of benzene rings is 1. The van der Waals surface area contributed by atoms with Crippen LogP contribution in [-0.4, -0.2) is 38.4 Å². The fourth-order valence-corrected chi connectivity index (χ4v) is 2.77. The van der Waals surface area contributed by atoms with Gasteiger partial charge in [0.1, 0.15) is 11.3 Å². The van der Waals surface area contributed by atoms with Gasteiger partial charge in [0.05, 0.1) is 11.9 Å². The smallest absolute Gasteiger partial charge is 0.141 e. The van der Waals surface area contributed by atoms with E-state index in [1.807, 2.05) is 42.2 Å². The van der Waals surface area contributed by atoms with Crippen LogP contribution in [0.2, 0.25) is 0 Å². The number of phenols is 1. The Kier molecular flexibility index (Phi) is 4.57. The van der Waals surface area contributed by atoms with Crippen LogP contribution in [0, 0.1) is 0 Å². The Hall–Kier alpha value is -2.40. The Balaban J connectivity index is 1.57. The quantitative estimate of drug-likeness (QED) is 0.760. The van der Waals surface area contributed by atoms with Crippen LogP contribution in [0.4, 0.5) is 0 Å². The molecular weight excluding hydrogens is 288 g/mol. The third-order valence-corrected chi connectivity index (χ3v) is 3.95. The highest BCUT2D eigenvalue weighted by molar-refractivity contribution is 5.84. The number of rotatable bonds is 6. The molecule has 0 aliphatic rings. The van der Waals surface area contributed by atoms with Gasteiger partial charge in [-0.05, 0) is 44.1 Å². The number of phenolic OH excluding ortho intramolecular Hbond substituents is 1. The molecule has 0 amide bonds. The Bertz CT molecular complexity index is 797. The number of pyridine rings is 1. The van der Waals surface area contributed by atoms with Gasteiger partial charge in [-0.15, -0.1) is 0 Å². The van der Waals surface area contributed by atoms with Gasteiger partial charge in [-0.3, -0.25) is 4.68 Å². The first-order chi connectivity index (χ1) is 11.1. The lowest BCUT2D eigenvalue weighted by atomic mass is 10.1. The van der Waals surface area contributed by atoms with Crippen LogP contribution in [0.3, 0.4) is 0 Å². The monoisotopic (exact) mass is 310 g/mol. The SMILES string of the molecule is CN(CCCc1cnn(C)c1)Cc1ccc2cccc(O)c2n1. The lowest BCUT2D eigenvalue weighted by Crippen LogP contribution is -2.20. The van der Waals surface area contributed by atoms with Crippen molar-refractivity contribution >= 4 is 10.9 Å². The number of hydrogen-bond acceptors (Lipinski definition) is 4. The van der Waals surface area contributed by atoms with Crippen LogP contribution in [0.5, 0.6) is 5.75 Å². The van der Waals surface area contributed by atoms with Gasteiger partial charge < -0.3 is 10.0 Å². The van der Waals surface area contributed by atoms with Crippen molar-refractivity contribution in [3.8, 4) is 5.75 Å². The summed E-state index contributed by atoms with van der Waals surface area (Å²) in [6.45, 7) is 1.77. The van der Waals surface area contributed by atoms with E-state index in [0.717, 1.165) is 37.0 Å². The molecule has 5 heteroatoms. The molecule has 0 saturated heterocycles. The number of para-hydroxylation sites is 1. The van der Waals surface area contributed by atoms with E-state index in [0.29, 0.717) is 5.52 Å². The summed E-state index contributed by atoms with van der Waals surface area (Å²) in [5.74, 6) is 0.239. The molecule has 0 spiro atoms. The van der Waals surface area contributed by atoms with Gasteiger partial charge in [0.2, 0.25) is 0 Å². The predicted octanol–water partition coefficient (Wildman–Crippen LogP) is 2.74. The first-order valence-corrected chi connectivity index (χ1v) is 7.85. The molecule has 0 bridgehead atoms. The molecule has 3 aromatic rings. The van der Waals surface area contributed by atoms with Gasteiger partial charge in [0, 0.05) is 25.2 Å². The standard InChI is InChI=1S/C18H22N4O/c1-21(10-4-5-14-11-19-22(2)12-14)13-16-9-8-15-6-3-7-17(23)18(15)20-16/h3,6-9,11-12,23H,4-5,10,13H2,1-2H3. The van der Waals surface area contributed by atoms with Crippen molar-refractivity contribution in [3.63, 3.8) is 0 Å². The summed E-state index contributed by atoms with van der Waals surface area (Å²) in [5.41, 5.74) is 2.92. The maximum Gasteiger partial charge on any atom is 0.141 e. The van der Waals surface area contributed by atoms with E-state index in [9.17, 15) is 5.11 Å². The number of aryl methyl sites for hydroxylation is 2. The van der Waals surface area contributed by atoms with E-state index in [2.05, 4.69) is 28.2 Å². The first kappa shape index (κ1) is 15.5. The van der Waals surface area contributed by atoms with Crippen molar-refractivity contribution in [2.24, 2.45) is 7.05 Å². The van der Waals surface area contributed by atoms with Gasteiger partial charge >= 0.3 is 0 Å². The second-order valence-electron chi connectivity index (χ2n) is 6.02. The number of fused-ring (bicyclic) bond motifs is 1. The van der Waals surface area contributed by atoms with Crippen LogP contribution < -0.4 is 0 Å². The maximum absolute atomic E-state index is 9.92. The van der Waals surface area contributed by atoms with E-state index in [-0.39, 0.29) is 5.75 Å². The average Bonchev–Trinajstić information content (AvgIpc) is 2.94.